The number of aromatic nitrogens is 2. The summed E-state index contributed by atoms with van der Waals surface area (Å²) >= 11 is 0. The van der Waals surface area contributed by atoms with Crippen LogP contribution in [0, 0.1) is 6.92 Å². The fraction of sp³-hybridized carbons (Fsp3) is 0.300. The molecule has 4 rings (SSSR count). The van der Waals surface area contributed by atoms with Gasteiger partial charge >= 0.3 is 0 Å². The Bertz CT molecular complexity index is 879. The number of rotatable bonds is 3. The largest absolute Gasteiger partial charge is 0.361 e. The lowest BCUT2D eigenvalue weighted by Crippen LogP contribution is -2.48. The van der Waals surface area contributed by atoms with E-state index < -0.39 is 0 Å². The number of amides is 1. The van der Waals surface area contributed by atoms with Crippen molar-refractivity contribution < 1.29 is 4.79 Å². The van der Waals surface area contributed by atoms with Crippen molar-refractivity contribution in [3.05, 3.63) is 65.6 Å². The third kappa shape index (κ3) is 3.28. The van der Waals surface area contributed by atoms with Gasteiger partial charge in [-0.25, -0.2) is 0 Å². The van der Waals surface area contributed by atoms with E-state index in [4.69, 9.17) is 0 Å². The van der Waals surface area contributed by atoms with Crippen molar-refractivity contribution in [2.75, 3.05) is 26.2 Å². The number of carbonyl (C=O) groups is 1. The zero-order valence-electron chi connectivity index (χ0n) is 14.4. The van der Waals surface area contributed by atoms with E-state index in [2.05, 4.69) is 27.9 Å². The Kier molecular flexibility index (Phi) is 4.24. The first-order chi connectivity index (χ1) is 12.2. The summed E-state index contributed by atoms with van der Waals surface area (Å²) in [5, 5.41) is 1.13. The highest BCUT2D eigenvalue weighted by Gasteiger charge is 2.22. The minimum Gasteiger partial charge on any atom is -0.361 e. The molecule has 0 aliphatic carbocycles. The summed E-state index contributed by atoms with van der Waals surface area (Å²) in [4.78, 5) is 24.6. The van der Waals surface area contributed by atoms with E-state index >= 15 is 0 Å². The maximum absolute atomic E-state index is 12.8. The third-order valence-corrected chi connectivity index (χ3v) is 4.92. The number of aromatic amines is 1. The molecule has 1 aliphatic rings. The predicted molar refractivity (Wildman–Crippen MR) is 98.5 cm³/mol. The molecule has 5 heteroatoms. The molecule has 1 saturated heterocycles. The minimum atomic E-state index is 0.128. The lowest BCUT2D eigenvalue weighted by Gasteiger charge is -2.34. The van der Waals surface area contributed by atoms with Crippen molar-refractivity contribution in [2.45, 2.75) is 13.5 Å². The highest BCUT2D eigenvalue weighted by molar-refractivity contribution is 5.98. The number of fused-ring (bicyclic) bond motifs is 1. The summed E-state index contributed by atoms with van der Waals surface area (Å²) in [6.45, 7) is 6.28. The van der Waals surface area contributed by atoms with Crippen LogP contribution in [0.3, 0.4) is 0 Å². The Morgan fingerprint density at radius 1 is 1.20 bits per heavy atom. The molecule has 0 bridgehead atoms. The van der Waals surface area contributed by atoms with Crippen molar-refractivity contribution in [2.24, 2.45) is 0 Å². The lowest BCUT2D eigenvalue weighted by molar-refractivity contribution is 0.0628. The van der Waals surface area contributed by atoms with Gasteiger partial charge in [-0.15, -0.1) is 0 Å². The van der Waals surface area contributed by atoms with E-state index in [0.29, 0.717) is 0 Å². The predicted octanol–water partition coefficient (Wildman–Crippen LogP) is 2.83. The van der Waals surface area contributed by atoms with Crippen LogP contribution in [-0.2, 0) is 6.54 Å². The quantitative estimate of drug-likeness (QED) is 0.801. The Labute approximate surface area is 147 Å². The van der Waals surface area contributed by atoms with Gasteiger partial charge in [-0.3, -0.25) is 14.7 Å². The summed E-state index contributed by atoms with van der Waals surface area (Å²) in [5.41, 5.74) is 4.24. The Hall–Kier alpha value is -2.66. The average molecular weight is 334 g/mol. The average Bonchev–Trinajstić information content (AvgIpc) is 3.03. The molecule has 0 spiro atoms. The smallest absolute Gasteiger partial charge is 0.253 e. The molecule has 128 valence electrons. The number of pyridine rings is 1. The standard InChI is InChI=1S/C20H22N4O/c1-15-12-22-19-5-4-17(11-18(15)19)20(25)24-9-7-23(8-10-24)14-16-3-2-6-21-13-16/h2-6,11-13,22H,7-10,14H2,1H3. The molecule has 1 amide bonds. The lowest BCUT2D eigenvalue weighted by atomic mass is 10.1. The van der Waals surface area contributed by atoms with E-state index in [0.717, 1.165) is 49.2 Å². The van der Waals surface area contributed by atoms with Crippen LogP contribution in [0.15, 0.2) is 48.9 Å². The summed E-state index contributed by atoms with van der Waals surface area (Å²) in [6.07, 6.45) is 5.69. The van der Waals surface area contributed by atoms with Crippen LogP contribution in [0.2, 0.25) is 0 Å². The van der Waals surface area contributed by atoms with E-state index in [-0.39, 0.29) is 5.91 Å². The molecule has 0 saturated carbocycles. The number of benzene rings is 1. The van der Waals surface area contributed by atoms with Gasteiger partial charge in [-0.2, -0.15) is 0 Å². The second kappa shape index (κ2) is 6.69. The zero-order chi connectivity index (χ0) is 17.2. The van der Waals surface area contributed by atoms with Crippen molar-refractivity contribution >= 4 is 16.8 Å². The monoisotopic (exact) mass is 334 g/mol. The molecule has 2 aromatic heterocycles. The van der Waals surface area contributed by atoms with Gasteiger partial charge in [-0.05, 0) is 42.3 Å². The molecule has 3 heterocycles. The van der Waals surface area contributed by atoms with E-state index in [1.54, 1.807) is 6.20 Å². The molecule has 1 aliphatic heterocycles. The van der Waals surface area contributed by atoms with Crippen LogP contribution >= 0.6 is 0 Å². The van der Waals surface area contributed by atoms with Crippen LogP contribution in [0.1, 0.15) is 21.5 Å². The van der Waals surface area contributed by atoms with E-state index in [1.165, 1.54) is 11.1 Å². The summed E-state index contributed by atoms with van der Waals surface area (Å²) in [5.74, 6) is 0.128. The third-order valence-electron chi connectivity index (χ3n) is 4.92. The molecule has 0 radical (unpaired) electrons. The summed E-state index contributed by atoms with van der Waals surface area (Å²) in [6, 6.07) is 9.98. The topological polar surface area (TPSA) is 52.2 Å². The van der Waals surface area contributed by atoms with Crippen molar-refractivity contribution in [1.82, 2.24) is 19.8 Å². The molecule has 25 heavy (non-hydrogen) atoms. The van der Waals surface area contributed by atoms with E-state index in [9.17, 15) is 4.79 Å². The number of nitrogens with one attached hydrogen (secondary N) is 1. The maximum Gasteiger partial charge on any atom is 0.253 e. The van der Waals surface area contributed by atoms with Crippen LogP contribution in [0.25, 0.3) is 10.9 Å². The maximum atomic E-state index is 12.8. The van der Waals surface area contributed by atoms with Crippen LogP contribution in [-0.4, -0.2) is 51.9 Å². The van der Waals surface area contributed by atoms with Crippen molar-refractivity contribution in [3.8, 4) is 0 Å². The first kappa shape index (κ1) is 15.8. The van der Waals surface area contributed by atoms with Gasteiger partial charge in [0.25, 0.3) is 5.91 Å². The minimum absolute atomic E-state index is 0.128. The Balaban J connectivity index is 1.41. The molecular formula is C20H22N4O. The van der Waals surface area contributed by atoms with Gasteiger partial charge in [0.05, 0.1) is 0 Å². The Morgan fingerprint density at radius 2 is 2.04 bits per heavy atom. The van der Waals surface area contributed by atoms with Crippen LogP contribution in [0.5, 0.6) is 0 Å². The van der Waals surface area contributed by atoms with Crippen molar-refractivity contribution in [3.63, 3.8) is 0 Å². The SMILES string of the molecule is Cc1c[nH]c2ccc(C(=O)N3CCN(Cc4cccnc4)CC3)cc12. The van der Waals surface area contributed by atoms with E-state index in [1.807, 2.05) is 41.6 Å². The number of hydrogen-bond acceptors (Lipinski definition) is 3. The molecule has 5 nitrogen and oxygen atoms in total. The number of nitrogens with zero attached hydrogens (tertiary/aromatic N) is 3. The highest BCUT2D eigenvalue weighted by atomic mass is 16.2. The number of aryl methyl sites for hydroxylation is 1. The molecule has 1 aromatic carbocycles. The summed E-state index contributed by atoms with van der Waals surface area (Å²) in [7, 11) is 0. The van der Waals surface area contributed by atoms with Gasteiger partial charge in [0.1, 0.15) is 0 Å². The molecule has 1 N–H and O–H groups in total. The second-order valence-corrected chi connectivity index (χ2v) is 6.66. The number of piperazine rings is 1. The fourth-order valence-corrected chi connectivity index (χ4v) is 3.43. The molecule has 1 fully saturated rings. The van der Waals surface area contributed by atoms with Gasteiger partial charge in [0.2, 0.25) is 0 Å². The highest BCUT2D eigenvalue weighted by Crippen LogP contribution is 2.20. The fourth-order valence-electron chi connectivity index (χ4n) is 3.43. The Morgan fingerprint density at radius 3 is 2.80 bits per heavy atom. The molecule has 0 atom stereocenters. The van der Waals surface area contributed by atoms with Gasteiger partial charge in [0, 0.05) is 67.8 Å². The van der Waals surface area contributed by atoms with Gasteiger partial charge < -0.3 is 9.88 Å². The summed E-state index contributed by atoms with van der Waals surface area (Å²) < 4.78 is 0. The van der Waals surface area contributed by atoms with Crippen LogP contribution in [0.4, 0.5) is 0 Å². The van der Waals surface area contributed by atoms with Crippen LogP contribution < -0.4 is 0 Å². The molecule has 0 unspecified atom stereocenters. The number of hydrogen-bond donors (Lipinski definition) is 1. The first-order valence-electron chi connectivity index (χ1n) is 8.69. The second-order valence-electron chi connectivity index (χ2n) is 6.66. The first-order valence-corrected chi connectivity index (χ1v) is 8.69. The molecular weight excluding hydrogens is 312 g/mol. The van der Waals surface area contributed by atoms with Gasteiger partial charge in [0.15, 0.2) is 0 Å². The van der Waals surface area contributed by atoms with Crippen molar-refractivity contribution in [1.29, 1.82) is 0 Å². The van der Waals surface area contributed by atoms with Gasteiger partial charge in [-0.1, -0.05) is 6.07 Å². The molecule has 3 aromatic rings. The normalized spacial score (nSPS) is 15.6. The number of carbonyl (C=O) groups excluding carboxylic acids is 1. The zero-order valence-corrected chi connectivity index (χ0v) is 14.4. The number of H-pyrrole nitrogens is 1.